The van der Waals surface area contributed by atoms with Crippen molar-refractivity contribution in [2.45, 2.75) is 25.9 Å². The van der Waals surface area contributed by atoms with E-state index in [9.17, 15) is 18.0 Å². The number of nitrogens with one attached hydrogen (secondary N) is 2. The van der Waals surface area contributed by atoms with E-state index in [1.807, 2.05) is 13.0 Å². The Balaban J connectivity index is 1.43. The molecular formula is C27H27F3N8O. The van der Waals surface area contributed by atoms with Crippen LogP contribution in [0.25, 0.3) is 11.0 Å². The Morgan fingerprint density at radius 3 is 2.74 bits per heavy atom. The highest BCUT2D eigenvalue weighted by Gasteiger charge is 2.31. The van der Waals surface area contributed by atoms with Crippen molar-refractivity contribution in [3.8, 4) is 0 Å². The monoisotopic (exact) mass is 536 g/mol. The number of aryl methyl sites for hydroxylation is 1. The first-order valence-corrected chi connectivity index (χ1v) is 12.5. The molecule has 202 valence electrons. The van der Waals surface area contributed by atoms with Crippen LogP contribution in [0, 0.1) is 6.92 Å². The van der Waals surface area contributed by atoms with Gasteiger partial charge in [-0.1, -0.05) is 24.3 Å². The van der Waals surface area contributed by atoms with E-state index < -0.39 is 17.5 Å². The molecule has 0 saturated carbocycles. The fourth-order valence-electron chi connectivity index (χ4n) is 4.43. The minimum Gasteiger partial charge on any atom is -0.382 e. The first-order chi connectivity index (χ1) is 18.7. The summed E-state index contributed by atoms with van der Waals surface area (Å²) in [6.07, 6.45) is -2.27. The molecule has 0 spiro atoms. The molecular weight excluding hydrogens is 509 g/mol. The van der Waals surface area contributed by atoms with Crippen LogP contribution in [-0.4, -0.2) is 51.9 Å². The molecule has 3 heterocycles. The molecule has 2 aromatic carbocycles. The lowest BCUT2D eigenvalue weighted by molar-refractivity contribution is -0.137. The lowest BCUT2D eigenvalue weighted by Gasteiger charge is -2.21. The maximum atomic E-state index is 13.1. The minimum absolute atomic E-state index is 0.00474. The van der Waals surface area contributed by atoms with Crippen molar-refractivity contribution in [3.63, 3.8) is 0 Å². The van der Waals surface area contributed by atoms with Crippen molar-refractivity contribution in [3.05, 3.63) is 71.0 Å². The molecule has 0 bridgehead atoms. The number of ketones is 1. The Morgan fingerprint density at radius 1 is 1.08 bits per heavy atom. The van der Waals surface area contributed by atoms with Crippen molar-refractivity contribution in [1.29, 1.82) is 0 Å². The Hall–Kier alpha value is -4.32. The first kappa shape index (κ1) is 26.3. The molecule has 0 amide bonds. The van der Waals surface area contributed by atoms with Gasteiger partial charge >= 0.3 is 6.18 Å². The summed E-state index contributed by atoms with van der Waals surface area (Å²) in [6.45, 7) is 5.14. The number of rotatable bonds is 6. The number of fused-ring (bicyclic) bond motifs is 1. The van der Waals surface area contributed by atoms with Crippen LogP contribution in [0.15, 0.2) is 48.8 Å². The fourth-order valence-corrected chi connectivity index (χ4v) is 4.43. The van der Waals surface area contributed by atoms with Gasteiger partial charge in [0.25, 0.3) is 0 Å². The highest BCUT2D eigenvalue weighted by molar-refractivity contribution is 5.98. The number of anilines is 4. The second-order valence-corrected chi connectivity index (χ2v) is 9.37. The predicted molar refractivity (Wildman–Crippen MR) is 143 cm³/mol. The molecule has 4 N–H and O–H groups in total. The molecule has 5 rings (SSSR count). The third kappa shape index (κ3) is 5.90. The van der Waals surface area contributed by atoms with Gasteiger partial charge in [0.1, 0.15) is 17.4 Å². The predicted octanol–water partition coefficient (Wildman–Crippen LogP) is 4.30. The average molecular weight is 537 g/mol. The topological polar surface area (TPSA) is 122 Å². The SMILES string of the molecule is Cc1ccc(CC(=O)c2cccc(C(F)(F)F)c2)cc1Nc1ncnc2c(N)nc(N3CCCNCC3)nc12. The van der Waals surface area contributed by atoms with E-state index in [1.165, 1.54) is 18.5 Å². The molecule has 0 atom stereocenters. The lowest BCUT2D eigenvalue weighted by atomic mass is 9.99. The second-order valence-electron chi connectivity index (χ2n) is 9.37. The molecule has 2 aromatic heterocycles. The standard InChI is InChI=1S/C27H27F3N8O/c1-16-6-7-17(13-21(39)18-4-2-5-19(14-18)27(28,29)30)12-20(16)35-25-23-22(33-15-34-25)24(31)37-26(36-23)38-10-3-8-32-9-11-38/h2,4-7,12,14-15,32H,3,8-11,13H2,1H3,(H2,31,36,37)(H,33,34,35). The highest BCUT2D eigenvalue weighted by Crippen LogP contribution is 2.31. The number of carbonyl (C=O) groups excluding carboxylic acids is 1. The Labute approximate surface area is 222 Å². The maximum Gasteiger partial charge on any atom is 0.416 e. The van der Waals surface area contributed by atoms with E-state index >= 15 is 0 Å². The molecule has 1 fully saturated rings. The van der Waals surface area contributed by atoms with Crippen LogP contribution in [0.3, 0.4) is 0 Å². The number of hydrogen-bond acceptors (Lipinski definition) is 9. The minimum atomic E-state index is -4.52. The summed E-state index contributed by atoms with van der Waals surface area (Å²) in [5, 5.41) is 6.63. The fraction of sp³-hybridized carbons (Fsp3) is 0.296. The molecule has 1 saturated heterocycles. The van der Waals surface area contributed by atoms with E-state index in [1.54, 1.807) is 12.1 Å². The molecule has 0 unspecified atom stereocenters. The number of carbonyl (C=O) groups is 1. The number of halogens is 3. The van der Waals surface area contributed by atoms with Crippen molar-refractivity contribution in [2.24, 2.45) is 0 Å². The molecule has 1 aliphatic heterocycles. The molecule has 1 aliphatic rings. The van der Waals surface area contributed by atoms with Gasteiger partial charge in [-0.2, -0.15) is 18.2 Å². The zero-order chi connectivity index (χ0) is 27.6. The van der Waals surface area contributed by atoms with Gasteiger partial charge in [0, 0.05) is 37.3 Å². The van der Waals surface area contributed by atoms with Gasteiger partial charge in [0.05, 0.1) is 5.56 Å². The zero-order valence-electron chi connectivity index (χ0n) is 21.2. The number of benzene rings is 2. The number of Topliss-reactive ketones (excluding diaryl/α,β-unsaturated/α-hetero) is 1. The van der Waals surface area contributed by atoms with Gasteiger partial charge < -0.3 is 21.3 Å². The number of nitrogens with zero attached hydrogens (tertiary/aromatic N) is 5. The number of aromatic nitrogens is 4. The number of alkyl halides is 3. The van der Waals surface area contributed by atoms with E-state index in [2.05, 4.69) is 30.5 Å². The molecule has 4 aromatic rings. The summed E-state index contributed by atoms with van der Waals surface area (Å²) in [4.78, 5) is 32.8. The number of nitrogens with two attached hydrogens (primary N) is 1. The van der Waals surface area contributed by atoms with Crippen molar-refractivity contribution < 1.29 is 18.0 Å². The third-order valence-corrected chi connectivity index (χ3v) is 6.55. The Kier molecular flexibility index (Phi) is 7.29. The van der Waals surface area contributed by atoms with Gasteiger partial charge in [-0.3, -0.25) is 4.79 Å². The molecule has 12 heteroatoms. The van der Waals surface area contributed by atoms with E-state index in [0.29, 0.717) is 34.1 Å². The van der Waals surface area contributed by atoms with Crippen LogP contribution < -0.4 is 21.3 Å². The Bertz CT molecular complexity index is 1520. The van der Waals surface area contributed by atoms with Gasteiger partial charge in [-0.05, 0) is 49.2 Å². The lowest BCUT2D eigenvalue weighted by Crippen LogP contribution is -2.29. The molecule has 0 radical (unpaired) electrons. The summed E-state index contributed by atoms with van der Waals surface area (Å²) < 4.78 is 39.3. The van der Waals surface area contributed by atoms with E-state index in [4.69, 9.17) is 10.7 Å². The molecule has 0 aliphatic carbocycles. The third-order valence-electron chi connectivity index (χ3n) is 6.55. The largest absolute Gasteiger partial charge is 0.416 e. The van der Waals surface area contributed by atoms with Crippen molar-refractivity contribution in [2.75, 3.05) is 42.1 Å². The summed E-state index contributed by atoms with van der Waals surface area (Å²) in [5.74, 6) is 0.752. The van der Waals surface area contributed by atoms with Gasteiger partial charge in [-0.25, -0.2) is 15.0 Å². The highest BCUT2D eigenvalue weighted by atomic mass is 19.4. The smallest absolute Gasteiger partial charge is 0.382 e. The molecule has 39 heavy (non-hydrogen) atoms. The van der Waals surface area contributed by atoms with Gasteiger partial charge in [0.15, 0.2) is 17.4 Å². The number of nitrogen functional groups attached to an aromatic ring is 1. The summed E-state index contributed by atoms with van der Waals surface area (Å²) in [7, 11) is 0. The summed E-state index contributed by atoms with van der Waals surface area (Å²) in [5.41, 5.74) is 8.45. The van der Waals surface area contributed by atoms with Gasteiger partial charge in [0.2, 0.25) is 5.95 Å². The molecule has 9 nitrogen and oxygen atoms in total. The maximum absolute atomic E-state index is 13.1. The summed E-state index contributed by atoms with van der Waals surface area (Å²) in [6, 6.07) is 9.84. The quantitative estimate of drug-likeness (QED) is 0.310. The van der Waals surface area contributed by atoms with E-state index in [0.717, 1.165) is 50.3 Å². The zero-order valence-corrected chi connectivity index (χ0v) is 21.2. The van der Waals surface area contributed by atoms with Crippen LogP contribution in [0.4, 0.5) is 36.4 Å². The van der Waals surface area contributed by atoms with Crippen LogP contribution in [-0.2, 0) is 12.6 Å². The second kappa shape index (κ2) is 10.8. The Morgan fingerprint density at radius 2 is 1.92 bits per heavy atom. The van der Waals surface area contributed by atoms with Crippen LogP contribution in [0.1, 0.15) is 33.5 Å². The van der Waals surface area contributed by atoms with E-state index in [-0.39, 0.29) is 17.8 Å². The van der Waals surface area contributed by atoms with Crippen molar-refractivity contribution >= 4 is 40.1 Å². The van der Waals surface area contributed by atoms with Crippen LogP contribution >= 0.6 is 0 Å². The summed E-state index contributed by atoms with van der Waals surface area (Å²) >= 11 is 0. The van der Waals surface area contributed by atoms with Crippen LogP contribution in [0.5, 0.6) is 0 Å². The first-order valence-electron chi connectivity index (χ1n) is 12.5. The normalized spacial score (nSPS) is 14.3. The van der Waals surface area contributed by atoms with Crippen molar-refractivity contribution in [1.82, 2.24) is 25.3 Å². The van der Waals surface area contributed by atoms with Gasteiger partial charge in [-0.15, -0.1) is 0 Å². The average Bonchev–Trinajstić information content (AvgIpc) is 3.20. The van der Waals surface area contributed by atoms with Crippen LogP contribution in [0.2, 0.25) is 0 Å². The number of hydrogen-bond donors (Lipinski definition) is 3.